The van der Waals surface area contributed by atoms with Crippen LogP contribution in [0.4, 0.5) is 0 Å². The smallest absolute Gasteiger partial charge is 0.320 e. The number of hydrogen-bond acceptors (Lipinski definition) is 5. The molecule has 1 aromatic rings. The van der Waals surface area contributed by atoms with Crippen LogP contribution in [-0.4, -0.2) is 28.0 Å². The third-order valence-electron chi connectivity index (χ3n) is 1.82. The highest BCUT2D eigenvalue weighted by atomic mass is 32.2. The number of nitrogens with zero attached hydrogens (tertiary/aromatic N) is 1. The Balaban J connectivity index is 2.14. The highest BCUT2D eigenvalue weighted by molar-refractivity contribution is 7.98. The predicted octanol–water partition coefficient (Wildman–Crippen LogP) is 1.02. The lowest BCUT2D eigenvalue weighted by Crippen LogP contribution is -2.30. The number of nitrogens with two attached hydrogens (primary N) is 1. The second-order valence-corrected chi connectivity index (χ2v) is 4.32. The van der Waals surface area contributed by atoms with Gasteiger partial charge in [-0.1, -0.05) is 5.16 Å². The fraction of sp³-hybridized carbons (Fsp3) is 0.556. The molecule has 0 aliphatic carbocycles. The highest BCUT2D eigenvalue weighted by Crippen LogP contribution is 2.13. The Labute approximate surface area is 92.0 Å². The van der Waals surface area contributed by atoms with Crippen LogP contribution in [0.3, 0.4) is 0 Å². The Kier molecular flexibility index (Phi) is 4.64. The average Bonchev–Trinajstić information content (AvgIpc) is 2.58. The fourth-order valence-electron chi connectivity index (χ4n) is 0.996. The number of hydrogen-bond donors (Lipinski definition) is 2. The molecule has 1 heterocycles. The molecular weight excluding hydrogens is 216 g/mol. The molecule has 0 radical (unpaired) electrons. The summed E-state index contributed by atoms with van der Waals surface area (Å²) in [4.78, 5) is 10.4. The zero-order valence-corrected chi connectivity index (χ0v) is 9.29. The topological polar surface area (TPSA) is 89.4 Å². The molecular formula is C9H14N2O3S. The van der Waals surface area contributed by atoms with E-state index >= 15 is 0 Å². The number of rotatable bonds is 6. The summed E-state index contributed by atoms with van der Waals surface area (Å²) in [7, 11) is 0. The molecule has 0 aliphatic rings. The molecule has 1 unspecified atom stereocenters. The van der Waals surface area contributed by atoms with Crippen LogP contribution in [0.15, 0.2) is 10.6 Å². The molecule has 0 spiro atoms. The van der Waals surface area contributed by atoms with Crippen molar-refractivity contribution in [2.75, 3.05) is 5.75 Å². The van der Waals surface area contributed by atoms with E-state index in [1.54, 1.807) is 11.8 Å². The molecule has 0 amide bonds. The van der Waals surface area contributed by atoms with Crippen LogP contribution in [0.25, 0.3) is 0 Å². The van der Waals surface area contributed by atoms with Crippen LogP contribution in [0.5, 0.6) is 0 Å². The predicted molar refractivity (Wildman–Crippen MR) is 57.6 cm³/mol. The summed E-state index contributed by atoms with van der Waals surface area (Å²) < 4.78 is 4.90. The van der Waals surface area contributed by atoms with Crippen LogP contribution >= 0.6 is 11.8 Å². The van der Waals surface area contributed by atoms with E-state index in [1.807, 2.05) is 13.0 Å². The van der Waals surface area contributed by atoms with Gasteiger partial charge in [0.1, 0.15) is 11.8 Å². The number of aryl methyl sites for hydroxylation is 1. The van der Waals surface area contributed by atoms with Gasteiger partial charge in [-0.05, 0) is 19.1 Å². The number of carboxylic acid groups (broad SMARTS) is 1. The van der Waals surface area contributed by atoms with E-state index in [0.29, 0.717) is 12.2 Å². The van der Waals surface area contributed by atoms with E-state index in [1.165, 1.54) is 0 Å². The van der Waals surface area contributed by atoms with Gasteiger partial charge in [0.2, 0.25) is 0 Å². The Morgan fingerprint density at radius 3 is 3.07 bits per heavy atom. The summed E-state index contributed by atoms with van der Waals surface area (Å²) in [6.45, 7) is 1.83. The number of carboxylic acids is 1. The van der Waals surface area contributed by atoms with Crippen LogP contribution in [0.1, 0.15) is 17.9 Å². The first kappa shape index (κ1) is 12.1. The van der Waals surface area contributed by atoms with Crippen molar-refractivity contribution in [2.24, 2.45) is 5.73 Å². The SMILES string of the molecule is Cc1cc(CSCCC(N)C(=O)O)no1. The number of carbonyl (C=O) groups is 1. The lowest BCUT2D eigenvalue weighted by Gasteiger charge is -2.04. The van der Waals surface area contributed by atoms with Crippen LogP contribution in [0.2, 0.25) is 0 Å². The van der Waals surface area contributed by atoms with Gasteiger partial charge < -0.3 is 15.4 Å². The van der Waals surface area contributed by atoms with E-state index < -0.39 is 12.0 Å². The van der Waals surface area contributed by atoms with Crippen LogP contribution in [0, 0.1) is 6.92 Å². The maximum Gasteiger partial charge on any atom is 0.320 e. The maximum atomic E-state index is 10.4. The standard InChI is InChI=1S/C9H14N2O3S/c1-6-4-7(11-14-6)5-15-3-2-8(10)9(12)13/h4,8H,2-3,5,10H2,1H3,(H,12,13). The van der Waals surface area contributed by atoms with Gasteiger partial charge in [0, 0.05) is 11.8 Å². The quantitative estimate of drug-likeness (QED) is 0.709. The van der Waals surface area contributed by atoms with Gasteiger partial charge >= 0.3 is 5.97 Å². The molecule has 15 heavy (non-hydrogen) atoms. The first-order valence-electron chi connectivity index (χ1n) is 4.58. The minimum Gasteiger partial charge on any atom is -0.480 e. The Morgan fingerprint density at radius 1 is 1.80 bits per heavy atom. The second kappa shape index (κ2) is 5.77. The van der Waals surface area contributed by atoms with Crippen LogP contribution < -0.4 is 5.73 Å². The van der Waals surface area contributed by atoms with Crippen molar-refractivity contribution in [1.29, 1.82) is 0 Å². The van der Waals surface area contributed by atoms with Gasteiger partial charge in [-0.15, -0.1) is 0 Å². The summed E-state index contributed by atoms with van der Waals surface area (Å²) >= 11 is 1.60. The van der Waals surface area contributed by atoms with Crippen molar-refractivity contribution in [2.45, 2.75) is 25.1 Å². The van der Waals surface area contributed by atoms with Gasteiger partial charge in [0.05, 0.1) is 5.69 Å². The van der Waals surface area contributed by atoms with Gasteiger partial charge in [0.25, 0.3) is 0 Å². The molecule has 84 valence electrons. The Hall–Kier alpha value is -1.01. The summed E-state index contributed by atoms with van der Waals surface area (Å²) in [5.74, 6) is 1.27. The fourth-order valence-corrected chi connectivity index (χ4v) is 1.91. The van der Waals surface area contributed by atoms with Gasteiger partial charge in [-0.2, -0.15) is 11.8 Å². The lowest BCUT2D eigenvalue weighted by molar-refractivity contribution is -0.138. The van der Waals surface area contributed by atoms with Crippen molar-refractivity contribution >= 4 is 17.7 Å². The molecule has 0 fully saturated rings. The van der Waals surface area contributed by atoms with Crippen molar-refractivity contribution < 1.29 is 14.4 Å². The normalized spacial score (nSPS) is 12.7. The Morgan fingerprint density at radius 2 is 2.53 bits per heavy atom. The van der Waals surface area contributed by atoms with Gasteiger partial charge in [-0.25, -0.2) is 0 Å². The third-order valence-corrected chi connectivity index (χ3v) is 2.84. The first-order chi connectivity index (χ1) is 7.09. The summed E-state index contributed by atoms with van der Waals surface area (Å²) in [6, 6.07) is 1.10. The summed E-state index contributed by atoms with van der Waals surface area (Å²) in [6.07, 6.45) is 0.469. The highest BCUT2D eigenvalue weighted by Gasteiger charge is 2.10. The Bertz CT molecular complexity index is 327. The molecule has 1 aromatic heterocycles. The number of aromatic nitrogens is 1. The van der Waals surface area contributed by atoms with Crippen molar-refractivity contribution in [3.63, 3.8) is 0 Å². The van der Waals surface area contributed by atoms with Gasteiger partial charge in [0.15, 0.2) is 0 Å². The molecule has 0 saturated carbocycles. The van der Waals surface area contributed by atoms with Gasteiger partial charge in [-0.3, -0.25) is 4.79 Å². The van der Waals surface area contributed by atoms with E-state index in [0.717, 1.165) is 17.2 Å². The molecule has 1 atom stereocenters. The average molecular weight is 230 g/mol. The first-order valence-corrected chi connectivity index (χ1v) is 5.73. The van der Waals surface area contributed by atoms with Crippen LogP contribution in [-0.2, 0) is 10.5 Å². The molecule has 5 nitrogen and oxygen atoms in total. The maximum absolute atomic E-state index is 10.4. The van der Waals surface area contributed by atoms with E-state index in [9.17, 15) is 4.79 Å². The van der Waals surface area contributed by atoms with Crippen molar-refractivity contribution in [1.82, 2.24) is 5.16 Å². The molecule has 6 heteroatoms. The largest absolute Gasteiger partial charge is 0.480 e. The molecule has 0 aromatic carbocycles. The minimum absolute atomic E-state index is 0.469. The van der Waals surface area contributed by atoms with Crippen molar-refractivity contribution in [3.05, 3.63) is 17.5 Å². The van der Waals surface area contributed by atoms with Crippen molar-refractivity contribution in [3.8, 4) is 0 Å². The number of thioether (sulfide) groups is 1. The monoisotopic (exact) mass is 230 g/mol. The summed E-state index contributed by atoms with van der Waals surface area (Å²) in [5, 5.41) is 12.4. The summed E-state index contributed by atoms with van der Waals surface area (Å²) in [5.41, 5.74) is 6.23. The number of aliphatic carboxylic acids is 1. The molecule has 3 N–H and O–H groups in total. The minimum atomic E-state index is -0.951. The van der Waals surface area contributed by atoms with E-state index in [4.69, 9.17) is 15.4 Å². The molecule has 0 aliphatic heterocycles. The van der Waals surface area contributed by atoms with E-state index in [-0.39, 0.29) is 0 Å². The van der Waals surface area contributed by atoms with E-state index in [2.05, 4.69) is 5.16 Å². The molecule has 0 saturated heterocycles. The zero-order chi connectivity index (χ0) is 11.3. The lowest BCUT2D eigenvalue weighted by atomic mass is 10.2. The zero-order valence-electron chi connectivity index (χ0n) is 8.47. The molecule has 1 rings (SSSR count). The third kappa shape index (κ3) is 4.35. The second-order valence-electron chi connectivity index (χ2n) is 3.21. The molecule has 0 bridgehead atoms.